The highest BCUT2D eigenvalue weighted by molar-refractivity contribution is 9.18. The van der Waals surface area contributed by atoms with E-state index in [0.717, 1.165) is 6.07 Å². The fourth-order valence-electron chi connectivity index (χ4n) is 3.01. The van der Waals surface area contributed by atoms with Gasteiger partial charge in [0, 0.05) is 22.0 Å². The minimum absolute atomic E-state index is 0.0363. The van der Waals surface area contributed by atoms with Crippen LogP contribution in [0.3, 0.4) is 0 Å². The fraction of sp³-hybridized carbons (Fsp3) is 0.118. The second-order valence-electron chi connectivity index (χ2n) is 5.41. The number of amidine groups is 1. The number of hydrogen-bond donors (Lipinski definition) is 1. The molecule has 2 aromatic carbocycles. The van der Waals surface area contributed by atoms with Gasteiger partial charge in [-0.3, -0.25) is 0 Å². The number of halogens is 5. The molecule has 0 fully saturated rings. The topological polar surface area (TPSA) is 32.6 Å². The largest absolute Gasteiger partial charge is 0.386 e. The van der Waals surface area contributed by atoms with Crippen molar-refractivity contribution in [2.75, 3.05) is 6.61 Å². The minimum atomic E-state index is -0.610. The van der Waals surface area contributed by atoms with Crippen LogP contribution >= 0.6 is 39.1 Å². The molecule has 1 unspecified atom stereocenters. The van der Waals surface area contributed by atoms with Crippen molar-refractivity contribution in [2.24, 2.45) is 4.99 Å². The molecule has 3 nitrogen and oxygen atoms in total. The molecule has 1 atom stereocenters. The van der Waals surface area contributed by atoms with Gasteiger partial charge in [0.2, 0.25) is 5.69 Å². The third-order valence-corrected chi connectivity index (χ3v) is 5.37. The third kappa shape index (κ3) is 2.73. The first-order valence-electron chi connectivity index (χ1n) is 7.19. The maximum Gasteiger partial charge on any atom is 0.287 e. The average Bonchev–Trinajstić information content (AvgIpc) is 2.78. The second kappa shape index (κ2) is 6.78. The molecule has 0 radical (unpaired) electrons. The quantitative estimate of drug-likeness (QED) is 0.460. The maximum absolute atomic E-state index is 14.9. The van der Waals surface area contributed by atoms with E-state index in [2.05, 4.69) is 20.9 Å². The first kappa shape index (κ1) is 18.5. The van der Waals surface area contributed by atoms with Gasteiger partial charge in [-0.25, -0.2) is 8.78 Å². The molecular formula is C17H12BrCl2F2N2O+. The number of para-hydroxylation sites is 1. The van der Waals surface area contributed by atoms with Gasteiger partial charge in [0.15, 0.2) is 17.2 Å². The molecule has 0 bridgehead atoms. The van der Waals surface area contributed by atoms with Gasteiger partial charge >= 0.3 is 0 Å². The smallest absolute Gasteiger partial charge is 0.287 e. The Kier molecular flexibility index (Phi) is 5.01. The lowest BCUT2D eigenvalue weighted by Crippen LogP contribution is -2.46. The van der Waals surface area contributed by atoms with Gasteiger partial charge in [0.25, 0.3) is 4.74 Å². The molecule has 2 aromatic rings. The summed E-state index contributed by atoms with van der Waals surface area (Å²) in [5.74, 6) is -1.15. The number of benzene rings is 2. The number of aliphatic hydroxyl groups is 1. The van der Waals surface area contributed by atoms with Crippen LogP contribution in [0.1, 0.15) is 6.92 Å². The van der Waals surface area contributed by atoms with Crippen LogP contribution in [0, 0.1) is 11.6 Å². The van der Waals surface area contributed by atoms with Crippen molar-refractivity contribution in [3.05, 3.63) is 69.5 Å². The van der Waals surface area contributed by atoms with Crippen molar-refractivity contribution >= 4 is 55.3 Å². The standard InChI is InChI=1S/C17H12BrCl2F2N2O/c1-9-15(8-25)24(17(18)23-9,14-6-5-10(21)7-12(14)20)16-11(19)3-2-4-13(16)22/h2-7,25H,8H2,1H3/q+1. The molecule has 130 valence electrons. The number of aliphatic hydroxyl groups excluding tert-OH is 1. The van der Waals surface area contributed by atoms with Gasteiger partial charge in [-0.15, -0.1) is 0 Å². The predicted molar refractivity (Wildman–Crippen MR) is 100 cm³/mol. The first-order valence-corrected chi connectivity index (χ1v) is 8.74. The lowest BCUT2D eigenvalue weighted by Gasteiger charge is -2.34. The van der Waals surface area contributed by atoms with Crippen LogP contribution in [-0.4, -0.2) is 16.5 Å². The minimum Gasteiger partial charge on any atom is -0.386 e. The number of nitrogens with zero attached hydrogens (tertiary/aromatic N) is 2. The fourth-order valence-corrected chi connectivity index (χ4v) is 4.44. The third-order valence-electron chi connectivity index (χ3n) is 4.05. The molecule has 0 amide bonds. The number of rotatable bonds is 3. The van der Waals surface area contributed by atoms with Crippen LogP contribution in [0.2, 0.25) is 10.0 Å². The Balaban J connectivity index is 2.49. The number of aliphatic imine (C=N–C) groups is 1. The Labute approximate surface area is 161 Å². The molecule has 0 aromatic heterocycles. The summed E-state index contributed by atoms with van der Waals surface area (Å²) in [4.78, 5) is 4.34. The summed E-state index contributed by atoms with van der Waals surface area (Å²) < 4.78 is 28.2. The van der Waals surface area contributed by atoms with Crippen LogP contribution in [-0.2, 0) is 0 Å². The van der Waals surface area contributed by atoms with Gasteiger partial charge in [-0.2, -0.15) is 9.48 Å². The van der Waals surface area contributed by atoms with Gasteiger partial charge in [0.05, 0.1) is 0 Å². The van der Waals surface area contributed by atoms with E-state index < -0.39 is 22.7 Å². The Morgan fingerprint density at radius 2 is 1.88 bits per heavy atom. The van der Waals surface area contributed by atoms with E-state index in [-0.39, 0.29) is 20.5 Å². The van der Waals surface area contributed by atoms with Crippen molar-refractivity contribution in [1.82, 2.24) is 4.48 Å². The molecule has 3 rings (SSSR count). The molecule has 0 spiro atoms. The zero-order valence-electron chi connectivity index (χ0n) is 12.9. The highest BCUT2D eigenvalue weighted by Crippen LogP contribution is 2.52. The summed E-state index contributed by atoms with van der Waals surface area (Å²) in [5, 5.41) is 10.2. The molecule has 1 N–H and O–H groups in total. The van der Waals surface area contributed by atoms with Crippen LogP contribution in [0.25, 0.3) is 0 Å². The lowest BCUT2D eigenvalue weighted by atomic mass is 10.1. The van der Waals surface area contributed by atoms with Crippen LogP contribution in [0.5, 0.6) is 0 Å². The molecule has 1 aliphatic rings. The van der Waals surface area contributed by atoms with E-state index in [1.165, 1.54) is 30.3 Å². The Morgan fingerprint density at radius 3 is 2.48 bits per heavy atom. The van der Waals surface area contributed by atoms with Crippen molar-refractivity contribution in [2.45, 2.75) is 6.92 Å². The molecule has 0 aliphatic carbocycles. The van der Waals surface area contributed by atoms with Crippen molar-refractivity contribution in [1.29, 1.82) is 0 Å². The van der Waals surface area contributed by atoms with Crippen LogP contribution in [0.4, 0.5) is 20.2 Å². The van der Waals surface area contributed by atoms with Crippen LogP contribution in [0.15, 0.2) is 52.8 Å². The highest BCUT2D eigenvalue weighted by atomic mass is 79.9. The Bertz CT molecular complexity index is 913. The average molecular weight is 449 g/mol. The van der Waals surface area contributed by atoms with E-state index in [0.29, 0.717) is 17.1 Å². The van der Waals surface area contributed by atoms with E-state index in [4.69, 9.17) is 23.2 Å². The van der Waals surface area contributed by atoms with Gasteiger partial charge in [0.1, 0.15) is 28.2 Å². The number of allylic oxidation sites excluding steroid dienone is 1. The maximum atomic E-state index is 14.9. The SMILES string of the molecule is CC1=C(CO)[N+](c2ccc(F)cc2Cl)(c2c(F)cccc2Cl)C(Br)=N1. The monoisotopic (exact) mass is 447 g/mol. The second-order valence-corrected chi connectivity index (χ2v) is 6.93. The Hall–Kier alpha value is -1.31. The molecule has 0 saturated heterocycles. The zero-order chi connectivity index (χ0) is 18.4. The molecule has 25 heavy (non-hydrogen) atoms. The molecule has 0 saturated carbocycles. The zero-order valence-corrected chi connectivity index (χ0v) is 16.0. The van der Waals surface area contributed by atoms with E-state index in [1.807, 2.05) is 0 Å². The number of quaternary nitrogens is 1. The summed E-state index contributed by atoms with van der Waals surface area (Å²) in [6.07, 6.45) is 0. The van der Waals surface area contributed by atoms with Crippen molar-refractivity contribution in [3.8, 4) is 0 Å². The summed E-state index contributed by atoms with van der Waals surface area (Å²) in [5.41, 5.74) is 1.18. The molecular weight excluding hydrogens is 437 g/mol. The van der Waals surface area contributed by atoms with E-state index >= 15 is 0 Å². The lowest BCUT2D eigenvalue weighted by molar-refractivity contribution is 0.309. The molecule has 1 aliphatic heterocycles. The Morgan fingerprint density at radius 1 is 1.16 bits per heavy atom. The van der Waals surface area contributed by atoms with Gasteiger partial charge < -0.3 is 5.11 Å². The normalized spacial score (nSPS) is 20.2. The summed E-state index contributed by atoms with van der Waals surface area (Å²) >= 11 is 16.0. The van der Waals surface area contributed by atoms with E-state index in [1.54, 1.807) is 6.92 Å². The molecule has 1 heterocycles. The predicted octanol–water partition coefficient (Wildman–Crippen LogP) is 5.90. The van der Waals surface area contributed by atoms with Gasteiger partial charge in [-0.05, 0) is 31.2 Å². The van der Waals surface area contributed by atoms with E-state index in [9.17, 15) is 13.9 Å². The first-order chi connectivity index (χ1) is 11.8. The summed E-state index contributed by atoms with van der Waals surface area (Å²) in [6, 6.07) is 8.00. The summed E-state index contributed by atoms with van der Waals surface area (Å²) in [7, 11) is 0. The summed E-state index contributed by atoms with van der Waals surface area (Å²) in [6.45, 7) is 1.25. The highest BCUT2D eigenvalue weighted by Gasteiger charge is 2.52. The van der Waals surface area contributed by atoms with Gasteiger partial charge in [-0.1, -0.05) is 29.3 Å². The van der Waals surface area contributed by atoms with Crippen molar-refractivity contribution in [3.63, 3.8) is 0 Å². The number of hydrogen-bond acceptors (Lipinski definition) is 2. The molecule has 8 heteroatoms. The van der Waals surface area contributed by atoms with Crippen LogP contribution < -0.4 is 4.48 Å². The van der Waals surface area contributed by atoms with Crippen molar-refractivity contribution < 1.29 is 13.9 Å².